The Morgan fingerprint density at radius 3 is 2.85 bits per heavy atom. The molecule has 0 saturated carbocycles. The van der Waals surface area contributed by atoms with Crippen molar-refractivity contribution < 1.29 is 9.84 Å². The zero-order chi connectivity index (χ0) is 14.8. The van der Waals surface area contributed by atoms with Gasteiger partial charge in [0.1, 0.15) is 0 Å². The fourth-order valence-electron chi connectivity index (χ4n) is 2.87. The highest BCUT2D eigenvalue weighted by atomic mass is 16.5. The highest BCUT2D eigenvalue weighted by Crippen LogP contribution is 2.16. The van der Waals surface area contributed by atoms with E-state index in [0.717, 1.165) is 52.1 Å². The second-order valence-electron chi connectivity index (χ2n) is 6.59. The van der Waals surface area contributed by atoms with Gasteiger partial charge in [0, 0.05) is 18.7 Å². The molecule has 0 aromatic carbocycles. The molecule has 20 heavy (non-hydrogen) atoms. The van der Waals surface area contributed by atoms with Crippen molar-refractivity contribution in [3.63, 3.8) is 0 Å². The third-order valence-electron chi connectivity index (χ3n) is 4.24. The van der Waals surface area contributed by atoms with Crippen LogP contribution in [-0.2, 0) is 4.74 Å². The minimum Gasteiger partial charge on any atom is -0.394 e. The average Bonchev–Trinajstić information content (AvgIpc) is 2.46. The fourth-order valence-corrected chi connectivity index (χ4v) is 2.87. The highest BCUT2D eigenvalue weighted by Gasteiger charge is 2.22. The average molecular weight is 286 g/mol. The van der Waals surface area contributed by atoms with E-state index in [4.69, 9.17) is 4.74 Å². The molecule has 0 bridgehead atoms. The van der Waals surface area contributed by atoms with E-state index in [9.17, 15) is 5.11 Å². The van der Waals surface area contributed by atoms with Gasteiger partial charge in [0.25, 0.3) is 0 Å². The van der Waals surface area contributed by atoms with Crippen LogP contribution in [0.25, 0.3) is 0 Å². The lowest BCUT2D eigenvalue weighted by Crippen LogP contribution is -2.46. The molecule has 0 amide bonds. The first-order valence-corrected chi connectivity index (χ1v) is 8.22. The standard InChI is InChI=1S/C16H34N2O2/c1-4-9-17-16(2,14-19)8-6-10-18(3)12-15-7-5-11-20-13-15/h15,17,19H,4-14H2,1-3H3. The molecule has 1 fully saturated rings. The minimum absolute atomic E-state index is 0.120. The first kappa shape index (κ1) is 17.9. The van der Waals surface area contributed by atoms with E-state index < -0.39 is 0 Å². The minimum atomic E-state index is -0.120. The number of aliphatic hydroxyl groups is 1. The number of hydrogen-bond acceptors (Lipinski definition) is 4. The van der Waals surface area contributed by atoms with Crippen LogP contribution in [0.3, 0.4) is 0 Å². The summed E-state index contributed by atoms with van der Waals surface area (Å²) in [6.07, 6.45) is 5.77. The maximum atomic E-state index is 9.55. The molecule has 2 atom stereocenters. The summed E-state index contributed by atoms with van der Waals surface area (Å²) in [5, 5.41) is 13.0. The Morgan fingerprint density at radius 1 is 1.45 bits per heavy atom. The van der Waals surface area contributed by atoms with Crippen LogP contribution in [-0.4, -0.2) is 62.0 Å². The van der Waals surface area contributed by atoms with Gasteiger partial charge >= 0.3 is 0 Å². The Hall–Kier alpha value is -0.160. The number of hydrogen-bond donors (Lipinski definition) is 2. The van der Waals surface area contributed by atoms with E-state index >= 15 is 0 Å². The second-order valence-corrected chi connectivity index (χ2v) is 6.59. The van der Waals surface area contributed by atoms with Crippen molar-refractivity contribution in [1.82, 2.24) is 10.2 Å². The molecule has 4 heteroatoms. The quantitative estimate of drug-likeness (QED) is 0.643. The maximum Gasteiger partial charge on any atom is 0.0610 e. The van der Waals surface area contributed by atoms with Gasteiger partial charge < -0.3 is 20.1 Å². The van der Waals surface area contributed by atoms with Crippen molar-refractivity contribution in [2.24, 2.45) is 5.92 Å². The summed E-state index contributed by atoms with van der Waals surface area (Å²) in [5.74, 6) is 0.705. The first-order valence-electron chi connectivity index (χ1n) is 8.22. The predicted molar refractivity (Wildman–Crippen MR) is 84.1 cm³/mol. The number of nitrogens with one attached hydrogen (secondary N) is 1. The van der Waals surface area contributed by atoms with Crippen LogP contribution in [0.5, 0.6) is 0 Å². The topological polar surface area (TPSA) is 44.7 Å². The van der Waals surface area contributed by atoms with Gasteiger partial charge in [0.2, 0.25) is 0 Å². The molecule has 1 saturated heterocycles. The summed E-state index contributed by atoms with van der Waals surface area (Å²) in [6.45, 7) is 9.58. The van der Waals surface area contributed by atoms with Crippen molar-refractivity contribution in [2.45, 2.75) is 51.5 Å². The molecule has 1 aliphatic heterocycles. The number of rotatable bonds is 10. The molecule has 1 rings (SSSR count). The molecule has 1 aliphatic rings. The summed E-state index contributed by atoms with van der Waals surface area (Å²) in [4.78, 5) is 2.41. The van der Waals surface area contributed by atoms with Crippen LogP contribution in [0.15, 0.2) is 0 Å². The highest BCUT2D eigenvalue weighted by molar-refractivity contribution is 4.82. The van der Waals surface area contributed by atoms with Gasteiger partial charge in [0.15, 0.2) is 0 Å². The van der Waals surface area contributed by atoms with Gasteiger partial charge in [-0.3, -0.25) is 0 Å². The summed E-state index contributed by atoms with van der Waals surface area (Å²) < 4.78 is 5.53. The molecule has 0 aliphatic carbocycles. The number of nitrogens with zero attached hydrogens (tertiary/aromatic N) is 1. The number of aliphatic hydroxyl groups excluding tert-OH is 1. The van der Waals surface area contributed by atoms with E-state index in [-0.39, 0.29) is 12.1 Å². The van der Waals surface area contributed by atoms with Crippen molar-refractivity contribution in [3.8, 4) is 0 Å². The normalized spacial score (nSPS) is 22.9. The van der Waals surface area contributed by atoms with Gasteiger partial charge in [-0.1, -0.05) is 6.92 Å². The monoisotopic (exact) mass is 286 g/mol. The zero-order valence-corrected chi connectivity index (χ0v) is 13.7. The molecule has 2 unspecified atom stereocenters. The van der Waals surface area contributed by atoms with Gasteiger partial charge in [-0.15, -0.1) is 0 Å². The van der Waals surface area contributed by atoms with Crippen molar-refractivity contribution >= 4 is 0 Å². The van der Waals surface area contributed by atoms with E-state index in [1.165, 1.54) is 12.8 Å². The predicted octanol–water partition coefficient (Wildman–Crippen LogP) is 1.88. The molecule has 0 radical (unpaired) electrons. The Labute approximate surface area is 124 Å². The number of ether oxygens (including phenoxy) is 1. The SMILES string of the molecule is CCCNC(C)(CO)CCCN(C)CC1CCCOC1. The lowest BCUT2D eigenvalue weighted by molar-refractivity contribution is 0.0414. The van der Waals surface area contributed by atoms with Gasteiger partial charge in [-0.05, 0) is 65.1 Å². The summed E-state index contributed by atoms with van der Waals surface area (Å²) in [6, 6.07) is 0. The van der Waals surface area contributed by atoms with Crippen molar-refractivity contribution in [2.75, 3.05) is 46.5 Å². The van der Waals surface area contributed by atoms with Crippen LogP contribution >= 0.6 is 0 Å². The molecule has 120 valence electrons. The first-order chi connectivity index (χ1) is 9.59. The van der Waals surface area contributed by atoms with Crippen molar-refractivity contribution in [3.05, 3.63) is 0 Å². The van der Waals surface area contributed by atoms with Crippen LogP contribution in [0, 0.1) is 5.92 Å². The lowest BCUT2D eigenvalue weighted by Gasteiger charge is -2.31. The molecule has 0 spiro atoms. The third kappa shape index (κ3) is 7.02. The van der Waals surface area contributed by atoms with E-state index in [1.807, 2.05) is 0 Å². The van der Waals surface area contributed by atoms with Gasteiger partial charge in [-0.25, -0.2) is 0 Å². The maximum absolute atomic E-state index is 9.55. The molecule has 4 nitrogen and oxygen atoms in total. The second kappa shape index (κ2) is 9.72. The van der Waals surface area contributed by atoms with Gasteiger partial charge in [0.05, 0.1) is 13.2 Å². The molecule has 0 aromatic rings. The van der Waals surface area contributed by atoms with E-state index in [0.29, 0.717) is 5.92 Å². The van der Waals surface area contributed by atoms with Gasteiger partial charge in [-0.2, -0.15) is 0 Å². The Morgan fingerprint density at radius 2 is 2.25 bits per heavy atom. The zero-order valence-electron chi connectivity index (χ0n) is 13.7. The molecule has 2 N–H and O–H groups in total. The molecular weight excluding hydrogens is 252 g/mol. The van der Waals surface area contributed by atoms with Crippen molar-refractivity contribution in [1.29, 1.82) is 0 Å². The Bertz CT molecular complexity index is 245. The molecular formula is C16H34N2O2. The molecule has 1 heterocycles. The fraction of sp³-hybridized carbons (Fsp3) is 1.00. The summed E-state index contributed by atoms with van der Waals surface area (Å²) in [7, 11) is 2.20. The van der Waals surface area contributed by atoms with Crippen LogP contribution < -0.4 is 5.32 Å². The van der Waals surface area contributed by atoms with E-state index in [2.05, 4.69) is 31.1 Å². The third-order valence-corrected chi connectivity index (χ3v) is 4.24. The summed E-state index contributed by atoms with van der Waals surface area (Å²) in [5.41, 5.74) is -0.120. The van der Waals surface area contributed by atoms with Crippen LogP contribution in [0.1, 0.15) is 46.0 Å². The smallest absolute Gasteiger partial charge is 0.0610 e. The lowest BCUT2D eigenvalue weighted by atomic mass is 9.96. The Balaban J connectivity index is 2.17. The largest absolute Gasteiger partial charge is 0.394 e. The van der Waals surface area contributed by atoms with Crippen LogP contribution in [0.4, 0.5) is 0 Å². The molecule has 0 aromatic heterocycles. The summed E-state index contributed by atoms with van der Waals surface area (Å²) >= 11 is 0. The van der Waals surface area contributed by atoms with E-state index in [1.54, 1.807) is 0 Å². The van der Waals surface area contributed by atoms with Crippen LogP contribution in [0.2, 0.25) is 0 Å². The Kier molecular flexibility index (Phi) is 8.69.